The molecule has 0 radical (unpaired) electrons. The lowest BCUT2D eigenvalue weighted by atomic mass is 10.2. The summed E-state index contributed by atoms with van der Waals surface area (Å²) in [6.45, 7) is 4.13. The molecule has 2 fully saturated rings. The molecule has 8 heteroatoms. The molecular weight excluding hydrogens is 358 g/mol. The fourth-order valence-corrected chi connectivity index (χ4v) is 4.26. The van der Waals surface area contributed by atoms with E-state index in [-0.39, 0.29) is 5.91 Å². The molecule has 1 amide bonds. The van der Waals surface area contributed by atoms with Crippen molar-refractivity contribution in [3.8, 4) is 0 Å². The molecule has 8 nitrogen and oxygen atoms in total. The monoisotopic (exact) mass is 385 g/mol. The molecule has 28 heavy (non-hydrogen) atoms. The molecule has 1 aromatic heterocycles. The fourth-order valence-electron chi connectivity index (χ4n) is 4.26. The third kappa shape index (κ3) is 3.32. The molecule has 1 N–H and O–H groups in total. The smallest absolute Gasteiger partial charge is 0.316 e. The minimum Gasteiger partial charge on any atom is -0.370 e. The second-order valence-corrected chi connectivity index (χ2v) is 7.81. The molecule has 2 saturated heterocycles. The summed E-state index contributed by atoms with van der Waals surface area (Å²) in [6, 6.07) is 3.75. The average molecular weight is 385 g/mol. The first-order valence-corrected chi connectivity index (χ1v) is 9.96. The van der Waals surface area contributed by atoms with Crippen LogP contribution in [-0.4, -0.2) is 52.7 Å². The number of carbonyl (C=O) groups excluding carboxylic acids is 1. The number of nitrogens with one attached hydrogen (secondary N) is 1. The SMILES string of the molecule is Cn1c(=O)c(=O)n(C)c2cc(N3CCCC3)c(NC(=O)CN3CCCC3)cc21. The van der Waals surface area contributed by atoms with Gasteiger partial charge >= 0.3 is 11.1 Å². The van der Waals surface area contributed by atoms with Crippen molar-refractivity contribution in [3.05, 3.63) is 32.8 Å². The Morgan fingerprint density at radius 3 is 2.04 bits per heavy atom. The van der Waals surface area contributed by atoms with E-state index in [0.29, 0.717) is 23.3 Å². The maximum atomic E-state index is 12.6. The molecule has 4 rings (SSSR count). The largest absolute Gasteiger partial charge is 0.370 e. The predicted octanol–water partition coefficient (Wildman–Crippen LogP) is 0.872. The van der Waals surface area contributed by atoms with Gasteiger partial charge in [0.2, 0.25) is 5.91 Å². The number of anilines is 2. The Morgan fingerprint density at radius 2 is 1.43 bits per heavy atom. The lowest BCUT2D eigenvalue weighted by molar-refractivity contribution is -0.117. The van der Waals surface area contributed by atoms with Crippen molar-refractivity contribution in [2.45, 2.75) is 25.7 Å². The number of fused-ring (bicyclic) bond motifs is 1. The normalized spacial score (nSPS) is 17.6. The van der Waals surface area contributed by atoms with E-state index < -0.39 is 11.1 Å². The first-order chi connectivity index (χ1) is 13.5. The second kappa shape index (κ2) is 7.43. The van der Waals surface area contributed by atoms with Crippen LogP contribution >= 0.6 is 0 Å². The average Bonchev–Trinajstić information content (AvgIpc) is 3.38. The van der Waals surface area contributed by atoms with Crippen LogP contribution in [0.3, 0.4) is 0 Å². The molecule has 0 aliphatic carbocycles. The zero-order valence-corrected chi connectivity index (χ0v) is 16.5. The fraction of sp³-hybridized carbons (Fsp3) is 0.550. The highest BCUT2D eigenvalue weighted by Gasteiger charge is 2.21. The first-order valence-electron chi connectivity index (χ1n) is 9.96. The minimum atomic E-state index is -0.571. The number of carbonyl (C=O) groups is 1. The molecular formula is C20H27N5O3. The third-order valence-electron chi connectivity index (χ3n) is 5.89. The predicted molar refractivity (Wildman–Crippen MR) is 110 cm³/mol. The van der Waals surface area contributed by atoms with E-state index in [1.807, 2.05) is 12.1 Å². The van der Waals surface area contributed by atoms with Gasteiger partial charge in [-0.05, 0) is 50.9 Å². The molecule has 3 heterocycles. The van der Waals surface area contributed by atoms with Crippen LogP contribution in [0.4, 0.5) is 11.4 Å². The van der Waals surface area contributed by atoms with Gasteiger partial charge in [-0.2, -0.15) is 0 Å². The summed E-state index contributed by atoms with van der Waals surface area (Å²) >= 11 is 0. The van der Waals surface area contributed by atoms with Gasteiger partial charge in [0.15, 0.2) is 0 Å². The van der Waals surface area contributed by atoms with Gasteiger partial charge in [0.05, 0.1) is 29.0 Å². The minimum absolute atomic E-state index is 0.0449. The first kappa shape index (κ1) is 18.7. The standard InChI is InChI=1S/C20H27N5O3/c1-22-16-11-14(21-18(26)13-24-7-3-4-8-24)15(25-9-5-6-10-25)12-17(16)23(2)20(28)19(22)27/h11-12H,3-10,13H2,1-2H3,(H,21,26). The summed E-state index contributed by atoms with van der Waals surface area (Å²) in [5.74, 6) is -0.0449. The number of amides is 1. The zero-order valence-electron chi connectivity index (χ0n) is 16.5. The molecule has 0 spiro atoms. The molecule has 0 saturated carbocycles. The lowest BCUT2D eigenvalue weighted by Crippen LogP contribution is -2.39. The van der Waals surface area contributed by atoms with Gasteiger partial charge in [-0.25, -0.2) is 0 Å². The molecule has 0 atom stereocenters. The Labute approximate surface area is 163 Å². The molecule has 0 bridgehead atoms. The lowest BCUT2D eigenvalue weighted by Gasteiger charge is -2.24. The number of likely N-dealkylation sites (tertiary alicyclic amines) is 1. The van der Waals surface area contributed by atoms with Crippen molar-refractivity contribution in [1.29, 1.82) is 0 Å². The van der Waals surface area contributed by atoms with Gasteiger partial charge in [-0.15, -0.1) is 0 Å². The van der Waals surface area contributed by atoms with E-state index in [1.54, 1.807) is 14.1 Å². The van der Waals surface area contributed by atoms with E-state index in [1.165, 1.54) is 9.13 Å². The highest BCUT2D eigenvalue weighted by Crippen LogP contribution is 2.32. The summed E-state index contributed by atoms with van der Waals surface area (Å²) in [6.07, 6.45) is 4.48. The number of aromatic nitrogens is 2. The van der Waals surface area contributed by atoms with Gasteiger partial charge in [-0.3, -0.25) is 19.3 Å². The quantitative estimate of drug-likeness (QED) is 0.790. The van der Waals surface area contributed by atoms with E-state index in [2.05, 4.69) is 15.1 Å². The Kier molecular flexibility index (Phi) is 4.97. The van der Waals surface area contributed by atoms with Crippen molar-refractivity contribution >= 4 is 28.3 Å². The Hall–Kier alpha value is -2.61. The maximum absolute atomic E-state index is 12.6. The molecule has 150 valence electrons. The number of nitrogens with zero attached hydrogens (tertiary/aromatic N) is 4. The summed E-state index contributed by atoms with van der Waals surface area (Å²) in [5.41, 5.74) is 1.81. The summed E-state index contributed by atoms with van der Waals surface area (Å²) in [4.78, 5) is 41.5. The maximum Gasteiger partial charge on any atom is 0.316 e. The third-order valence-corrected chi connectivity index (χ3v) is 5.89. The number of rotatable bonds is 4. The van der Waals surface area contributed by atoms with Crippen molar-refractivity contribution in [1.82, 2.24) is 14.0 Å². The molecule has 1 aromatic carbocycles. The number of hydrogen-bond acceptors (Lipinski definition) is 5. The highest BCUT2D eigenvalue weighted by molar-refractivity contribution is 5.99. The van der Waals surface area contributed by atoms with E-state index in [0.717, 1.165) is 57.5 Å². The van der Waals surface area contributed by atoms with Crippen molar-refractivity contribution in [2.75, 3.05) is 42.9 Å². The van der Waals surface area contributed by atoms with Crippen LogP contribution in [0.2, 0.25) is 0 Å². The highest BCUT2D eigenvalue weighted by atomic mass is 16.2. The van der Waals surface area contributed by atoms with Crippen LogP contribution in [0, 0.1) is 0 Å². The topological polar surface area (TPSA) is 79.6 Å². The number of hydrogen-bond donors (Lipinski definition) is 1. The molecule has 2 aliphatic rings. The van der Waals surface area contributed by atoms with Crippen molar-refractivity contribution in [3.63, 3.8) is 0 Å². The molecule has 0 unspecified atom stereocenters. The summed E-state index contributed by atoms with van der Waals surface area (Å²) < 4.78 is 2.76. The summed E-state index contributed by atoms with van der Waals surface area (Å²) in [5, 5.41) is 3.06. The van der Waals surface area contributed by atoms with Crippen molar-refractivity contribution < 1.29 is 4.79 Å². The van der Waals surface area contributed by atoms with E-state index >= 15 is 0 Å². The van der Waals surface area contributed by atoms with Gasteiger partial charge in [0, 0.05) is 27.2 Å². The Morgan fingerprint density at radius 1 is 0.893 bits per heavy atom. The number of benzene rings is 1. The van der Waals surface area contributed by atoms with Crippen LogP contribution in [0.15, 0.2) is 21.7 Å². The van der Waals surface area contributed by atoms with Crippen LogP contribution in [0.5, 0.6) is 0 Å². The van der Waals surface area contributed by atoms with Gasteiger partial charge in [-0.1, -0.05) is 0 Å². The van der Waals surface area contributed by atoms with Gasteiger partial charge in [0.25, 0.3) is 0 Å². The van der Waals surface area contributed by atoms with Crippen molar-refractivity contribution in [2.24, 2.45) is 14.1 Å². The van der Waals surface area contributed by atoms with Gasteiger partial charge in [0.1, 0.15) is 0 Å². The zero-order chi connectivity index (χ0) is 19.8. The molecule has 2 aromatic rings. The van der Waals surface area contributed by atoms with E-state index in [4.69, 9.17) is 0 Å². The Balaban J connectivity index is 1.78. The van der Waals surface area contributed by atoms with Crippen LogP contribution in [0.25, 0.3) is 11.0 Å². The van der Waals surface area contributed by atoms with E-state index in [9.17, 15) is 14.4 Å². The van der Waals surface area contributed by atoms with Crippen LogP contribution in [0.1, 0.15) is 25.7 Å². The Bertz CT molecular complexity index is 1030. The van der Waals surface area contributed by atoms with Gasteiger partial charge < -0.3 is 19.4 Å². The second-order valence-electron chi connectivity index (χ2n) is 7.81. The number of aryl methyl sites for hydroxylation is 2. The molecule has 2 aliphatic heterocycles. The van der Waals surface area contributed by atoms with Crippen LogP contribution < -0.4 is 21.3 Å². The van der Waals surface area contributed by atoms with Crippen LogP contribution in [-0.2, 0) is 18.9 Å². The summed E-state index contributed by atoms with van der Waals surface area (Å²) in [7, 11) is 3.21.